The lowest BCUT2D eigenvalue weighted by molar-refractivity contribution is -0.0674. The van der Waals surface area contributed by atoms with Crippen molar-refractivity contribution in [2.24, 2.45) is 17.1 Å². The number of nitrogens with zero attached hydrogens (tertiary/aromatic N) is 1. The third-order valence-corrected chi connectivity index (χ3v) is 5.28. The molecular formula is C16H32N2. The van der Waals surface area contributed by atoms with Gasteiger partial charge in [-0.05, 0) is 43.6 Å². The minimum absolute atomic E-state index is 0.667. The Balaban J connectivity index is 1.89. The van der Waals surface area contributed by atoms with Crippen molar-refractivity contribution in [3.8, 4) is 0 Å². The second-order valence-electron chi connectivity index (χ2n) is 6.75. The van der Waals surface area contributed by atoms with E-state index in [4.69, 9.17) is 5.73 Å². The maximum Gasteiger partial charge on any atom is 0.0136 e. The second-order valence-corrected chi connectivity index (χ2v) is 6.75. The minimum Gasteiger partial charge on any atom is -0.330 e. The van der Waals surface area contributed by atoms with Crippen LogP contribution in [0.3, 0.4) is 0 Å². The maximum absolute atomic E-state index is 5.97. The molecule has 2 fully saturated rings. The summed E-state index contributed by atoms with van der Waals surface area (Å²) in [5.74, 6) is 0.778. The summed E-state index contributed by atoms with van der Waals surface area (Å²) < 4.78 is 0. The third-order valence-electron chi connectivity index (χ3n) is 5.28. The van der Waals surface area contributed by atoms with E-state index < -0.39 is 0 Å². The molecular weight excluding hydrogens is 220 g/mol. The van der Waals surface area contributed by atoms with E-state index in [0.29, 0.717) is 5.41 Å². The molecule has 2 unspecified atom stereocenters. The number of likely N-dealkylation sites (tertiary alicyclic amines) is 1. The molecule has 1 saturated carbocycles. The molecule has 2 nitrogen and oxygen atoms in total. The van der Waals surface area contributed by atoms with Gasteiger partial charge in [0.05, 0.1) is 0 Å². The van der Waals surface area contributed by atoms with Crippen molar-refractivity contribution in [2.75, 3.05) is 19.6 Å². The van der Waals surface area contributed by atoms with E-state index in [-0.39, 0.29) is 0 Å². The van der Waals surface area contributed by atoms with Crippen molar-refractivity contribution in [1.29, 1.82) is 0 Å². The molecule has 2 rings (SSSR count). The first kappa shape index (κ1) is 14.3. The summed E-state index contributed by atoms with van der Waals surface area (Å²) in [4.78, 5) is 2.77. The molecule has 18 heavy (non-hydrogen) atoms. The van der Waals surface area contributed by atoms with Crippen LogP contribution in [0, 0.1) is 11.3 Å². The van der Waals surface area contributed by atoms with Crippen LogP contribution in [0.15, 0.2) is 0 Å². The molecule has 0 amide bonds. The van der Waals surface area contributed by atoms with Gasteiger partial charge in [-0.3, -0.25) is 4.90 Å². The molecule has 0 aromatic rings. The standard InChI is InChI=1S/C16H32N2/c1-3-9-16(10-4-2)12-18(13-16)15-8-6-5-7-14(15)11-17/h14-15H,3-13,17H2,1-2H3. The van der Waals surface area contributed by atoms with Gasteiger partial charge in [-0.15, -0.1) is 0 Å². The zero-order chi connectivity index (χ0) is 13.0. The first-order valence-corrected chi connectivity index (χ1v) is 8.19. The Labute approximate surface area is 113 Å². The molecule has 2 atom stereocenters. The number of hydrogen-bond donors (Lipinski definition) is 1. The van der Waals surface area contributed by atoms with Gasteiger partial charge in [0.2, 0.25) is 0 Å². The molecule has 1 heterocycles. The summed E-state index contributed by atoms with van der Waals surface area (Å²) in [5, 5.41) is 0. The lowest BCUT2D eigenvalue weighted by Gasteiger charge is -2.56. The molecule has 0 radical (unpaired) electrons. The molecule has 0 spiro atoms. The molecule has 1 aliphatic heterocycles. The topological polar surface area (TPSA) is 29.3 Å². The second kappa shape index (κ2) is 6.38. The maximum atomic E-state index is 5.97. The average Bonchev–Trinajstić information content (AvgIpc) is 2.35. The molecule has 2 N–H and O–H groups in total. The van der Waals surface area contributed by atoms with Crippen molar-refractivity contribution >= 4 is 0 Å². The van der Waals surface area contributed by atoms with E-state index in [9.17, 15) is 0 Å². The quantitative estimate of drug-likeness (QED) is 0.785. The van der Waals surface area contributed by atoms with Gasteiger partial charge < -0.3 is 5.73 Å². The van der Waals surface area contributed by atoms with E-state index in [1.54, 1.807) is 0 Å². The Morgan fingerprint density at radius 3 is 2.22 bits per heavy atom. The van der Waals surface area contributed by atoms with Crippen LogP contribution in [-0.4, -0.2) is 30.6 Å². The first-order chi connectivity index (χ1) is 8.74. The third kappa shape index (κ3) is 2.91. The Bertz CT molecular complexity index is 237. The Kier molecular flexibility index (Phi) is 5.08. The van der Waals surface area contributed by atoms with Crippen LogP contribution in [0.4, 0.5) is 0 Å². The van der Waals surface area contributed by atoms with Gasteiger partial charge in [0.1, 0.15) is 0 Å². The predicted octanol–water partition coefficient (Wildman–Crippen LogP) is 3.41. The average molecular weight is 252 g/mol. The highest BCUT2D eigenvalue weighted by atomic mass is 15.2. The molecule has 0 aromatic heterocycles. The summed E-state index contributed by atoms with van der Waals surface area (Å²) in [6.45, 7) is 8.29. The van der Waals surface area contributed by atoms with Crippen molar-refractivity contribution in [3.63, 3.8) is 0 Å². The van der Waals surface area contributed by atoms with Gasteiger partial charge >= 0.3 is 0 Å². The van der Waals surface area contributed by atoms with Gasteiger partial charge in [-0.1, -0.05) is 39.5 Å². The van der Waals surface area contributed by atoms with Crippen LogP contribution in [0.5, 0.6) is 0 Å². The zero-order valence-corrected chi connectivity index (χ0v) is 12.5. The molecule has 0 bridgehead atoms. The van der Waals surface area contributed by atoms with Gasteiger partial charge in [0.25, 0.3) is 0 Å². The molecule has 2 aliphatic rings. The number of hydrogen-bond acceptors (Lipinski definition) is 2. The van der Waals surface area contributed by atoms with E-state index in [2.05, 4.69) is 18.7 Å². The fraction of sp³-hybridized carbons (Fsp3) is 1.00. The summed E-state index contributed by atoms with van der Waals surface area (Å²) in [7, 11) is 0. The molecule has 2 heteroatoms. The van der Waals surface area contributed by atoms with Crippen LogP contribution in [0.2, 0.25) is 0 Å². The Morgan fingerprint density at radius 2 is 1.67 bits per heavy atom. The van der Waals surface area contributed by atoms with E-state index >= 15 is 0 Å². The lowest BCUT2D eigenvalue weighted by atomic mass is 9.70. The molecule has 106 valence electrons. The summed E-state index contributed by atoms with van der Waals surface area (Å²) >= 11 is 0. The molecule has 1 saturated heterocycles. The van der Waals surface area contributed by atoms with Crippen LogP contribution in [0.1, 0.15) is 65.2 Å². The largest absolute Gasteiger partial charge is 0.330 e. The molecule has 1 aliphatic carbocycles. The fourth-order valence-corrected chi connectivity index (χ4v) is 4.50. The lowest BCUT2D eigenvalue weighted by Crippen LogP contribution is -2.62. The highest BCUT2D eigenvalue weighted by Gasteiger charge is 2.45. The monoisotopic (exact) mass is 252 g/mol. The SMILES string of the molecule is CCCC1(CCC)CN(C2CCCCC2CN)C1. The van der Waals surface area contributed by atoms with Crippen LogP contribution in [0.25, 0.3) is 0 Å². The predicted molar refractivity (Wildman–Crippen MR) is 78.6 cm³/mol. The van der Waals surface area contributed by atoms with Crippen LogP contribution in [-0.2, 0) is 0 Å². The molecule has 0 aromatic carbocycles. The van der Waals surface area contributed by atoms with Crippen LogP contribution < -0.4 is 5.73 Å². The zero-order valence-electron chi connectivity index (χ0n) is 12.5. The number of rotatable bonds is 6. The smallest absolute Gasteiger partial charge is 0.0136 e. The van der Waals surface area contributed by atoms with Gasteiger partial charge in [-0.25, -0.2) is 0 Å². The van der Waals surface area contributed by atoms with Crippen molar-refractivity contribution in [3.05, 3.63) is 0 Å². The summed E-state index contributed by atoms with van der Waals surface area (Å²) in [6.07, 6.45) is 11.1. The van der Waals surface area contributed by atoms with Crippen molar-refractivity contribution in [1.82, 2.24) is 4.90 Å². The van der Waals surface area contributed by atoms with Crippen molar-refractivity contribution < 1.29 is 0 Å². The highest BCUT2D eigenvalue weighted by Crippen LogP contribution is 2.43. The summed E-state index contributed by atoms with van der Waals surface area (Å²) in [6, 6.07) is 0.811. The van der Waals surface area contributed by atoms with E-state index in [1.807, 2.05) is 0 Å². The van der Waals surface area contributed by atoms with Gasteiger partial charge in [0, 0.05) is 19.1 Å². The fourth-order valence-electron chi connectivity index (χ4n) is 4.50. The van der Waals surface area contributed by atoms with E-state index in [0.717, 1.165) is 18.5 Å². The highest BCUT2D eigenvalue weighted by molar-refractivity contribution is 4.99. The van der Waals surface area contributed by atoms with Crippen molar-refractivity contribution in [2.45, 2.75) is 71.3 Å². The normalized spacial score (nSPS) is 32.2. The summed E-state index contributed by atoms with van der Waals surface area (Å²) in [5.41, 5.74) is 6.64. The Morgan fingerprint density at radius 1 is 1.06 bits per heavy atom. The number of nitrogens with two attached hydrogens (primary N) is 1. The minimum atomic E-state index is 0.667. The Hall–Kier alpha value is -0.0800. The van der Waals surface area contributed by atoms with Gasteiger partial charge in [-0.2, -0.15) is 0 Å². The van der Waals surface area contributed by atoms with E-state index in [1.165, 1.54) is 64.5 Å². The first-order valence-electron chi connectivity index (χ1n) is 8.19. The van der Waals surface area contributed by atoms with Crippen LogP contribution >= 0.6 is 0 Å². The van der Waals surface area contributed by atoms with Gasteiger partial charge in [0.15, 0.2) is 0 Å².